The van der Waals surface area contributed by atoms with Gasteiger partial charge in [0.15, 0.2) is 0 Å². The van der Waals surface area contributed by atoms with Crippen LogP contribution in [0.15, 0.2) is 30.9 Å². The topological polar surface area (TPSA) is 24.1 Å². The first-order valence-corrected chi connectivity index (χ1v) is 6.00. The van der Waals surface area contributed by atoms with E-state index in [0.29, 0.717) is 6.04 Å². The predicted molar refractivity (Wildman–Crippen MR) is 69.8 cm³/mol. The highest BCUT2D eigenvalue weighted by molar-refractivity contribution is 5.61. The van der Waals surface area contributed by atoms with Crippen LogP contribution in [0.5, 0.6) is 0 Å². The van der Waals surface area contributed by atoms with Gasteiger partial charge in [-0.1, -0.05) is 24.3 Å². The summed E-state index contributed by atoms with van der Waals surface area (Å²) in [7, 11) is 0. The van der Waals surface area contributed by atoms with Crippen molar-refractivity contribution in [2.24, 2.45) is 0 Å². The molecule has 0 amide bonds. The second-order valence-electron chi connectivity index (χ2n) is 4.43. The average Bonchev–Trinajstić information content (AvgIpc) is 2.75. The molecule has 0 radical (unpaired) electrons. The van der Waals surface area contributed by atoms with E-state index in [-0.39, 0.29) is 0 Å². The van der Waals surface area contributed by atoms with Gasteiger partial charge in [0.25, 0.3) is 0 Å². The van der Waals surface area contributed by atoms with Gasteiger partial charge in [0, 0.05) is 24.8 Å². The highest BCUT2D eigenvalue weighted by Gasteiger charge is 2.13. The average molecular weight is 216 g/mol. The minimum absolute atomic E-state index is 0.495. The lowest BCUT2D eigenvalue weighted by atomic mass is 10.1. The van der Waals surface area contributed by atoms with Gasteiger partial charge in [0.1, 0.15) is 0 Å². The number of nitrogens with one attached hydrogen (secondary N) is 2. The van der Waals surface area contributed by atoms with Crippen LogP contribution in [0, 0.1) is 0 Å². The molecule has 1 aliphatic rings. The smallest absolute Gasteiger partial charge is 0.0419 e. The number of hydrogen-bond acceptors (Lipinski definition) is 2. The van der Waals surface area contributed by atoms with Crippen molar-refractivity contribution in [3.63, 3.8) is 0 Å². The van der Waals surface area contributed by atoms with E-state index in [9.17, 15) is 0 Å². The van der Waals surface area contributed by atoms with E-state index >= 15 is 0 Å². The van der Waals surface area contributed by atoms with Gasteiger partial charge in [0.2, 0.25) is 0 Å². The third kappa shape index (κ3) is 2.45. The van der Waals surface area contributed by atoms with E-state index in [2.05, 4.69) is 42.3 Å². The Balaban J connectivity index is 1.99. The van der Waals surface area contributed by atoms with Crippen LogP contribution in [0.4, 0.5) is 5.69 Å². The molecule has 0 saturated carbocycles. The lowest BCUT2D eigenvalue weighted by Crippen LogP contribution is -2.25. The molecule has 0 aliphatic carbocycles. The molecule has 1 aromatic rings. The largest absolute Gasteiger partial charge is 0.384 e. The molecule has 86 valence electrons. The second kappa shape index (κ2) is 5.17. The molecule has 2 nitrogen and oxygen atoms in total. The maximum atomic E-state index is 3.76. The van der Waals surface area contributed by atoms with Crippen molar-refractivity contribution in [2.75, 3.05) is 11.9 Å². The molecule has 16 heavy (non-hydrogen) atoms. The Labute approximate surface area is 97.8 Å². The molecule has 0 saturated heterocycles. The van der Waals surface area contributed by atoms with Gasteiger partial charge in [-0.2, -0.15) is 0 Å². The maximum absolute atomic E-state index is 3.76. The van der Waals surface area contributed by atoms with Crippen molar-refractivity contribution in [1.29, 1.82) is 0 Å². The molecule has 0 fully saturated rings. The lowest BCUT2D eigenvalue weighted by molar-refractivity contribution is 0.554. The molecule has 2 heteroatoms. The van der Waals surface area contributed by atoms with E-state index in [1.165, 1.54) is 16.8 Å². The molecule has 2 N–H and O–H groups in total. The first-order chi connectivity index (χ1) is 7.81. The zero-order chi connectivity index (χ0) is 11.4. The van der Waals surface area contributed by atoms with Crippen molar-refractivity contribution in [3.05, 3.63) is 42.0 Å². The van der Waals surface area contributed by atoms with E-state index < -0.39 is 0 Å². The van der Waals surface area contributed by atoms with Gasteiger partial charge in [-0.25, -0.2) is 0 Å². The predicted octanol–water partition coefficient (Wildman–Crippen LogP) is 2.71. The lowest BCUT2D eigenvalue weighted by Gasteiger charge is -2.14. The fourth-order valence-electron chi connectivity index (χ4n) is 2.18. The summed E-state index contributed by atoms with van der Waals surface area (Å²) < 4.78 is 0. The standard InChI is InChI=1S/C14H20N2/c1-3-5-11(2)16-10-13-7-4-6-12-8-9-15-14(12)13/h3-4,6-7,11,15-16H,1,5,8-10H2,2H3. The first-order valence-electron chi connectivity index (χ1n) is 6.00. The van der Waals surface area contributed by atoms with Crippen LogP contribution in [-0.4, -0.2) is 12.6 Å². The van der Waals surface area contributed by atoms with E-state index in [0.717, 1.165) is 25.9 Å². The zero-order valence-electron chi connectivity index (χ0n) is 9.92. The number of para-hydroxylation sites is 1. The summed E-state index contributed by atoms with van der Waals surface area (Å²) in [5.74, 6) is 0. The number of anilines is 1. The van der Waals surface area contributed by atoms with E-state index in [1.54, 1.807) is 0 Å². The Morgan fingerprint density at radius 3 is 3.25 bits per heavy atom. The van der Waals surface area contributed by atoms with Crippen molar-refractivity contribution < 1.29 is 0 Å². The molecule has 1 aliphatic heterocycles. The van der Waals surface area contributed by atoms with Crippen molar-refractivity contribution in [3.8, 4) is 0 Å². The van der Waals surface area contributed by atoms with Crippen LogP contribution in [0.2, 0.25) is 0 Å². The fourth-order valence-corrected chi connectivity index (χ4v) is 2.18. The van der Waals surface area contributed by atoms with Crippen molar-refractivity contribution in [1.82, 2.24) is 5.32 Å². The Kier molecular flexibility index (Phi) is 3.62. The summed E-state index contributed by atoms with van der Waals surface area (Å²) >= 11 is 0. The van der Waals surface area contributed by atoms with Gasteiger partial charge in [-0.3, -0.25) is 0 Å². The number of fused-ring (bicyclic) bond motifs is 1. The normalized spacial score (nSPS) is 15.3. The molecule has 1 unspecified atom stereocenters. The summed E-state index contributed by atoms with van der Waals surface area (Å²) in [4.78, 5) is 0. The molecule has 0 aromatic heterocycles. The maximum Gasteiger partial charge on any atom is 0.0419 e. The van der Waals surface area contributed by atoms with E-state index in [4.69, 9.17) is 0 Å². The highest BCUT2D eigenvalue weighted by atomic mass is 14.9. The summed E-state index contributed by atoms with van der Waals surface area (Å²) in [6, 6.07) is 7.06. The van der Waals surface area contributed by atoms with Crippen LogP contribution in [0.25, 0.3) is 0 Å². The molecule has 1 heterocycles. The summed E-state index contributed by atoms with van der Waals surface area (Å²) in [6.45, 7) is 7.97. The summed E-state index contributed by atoms with van der Waals surface area (Å²) in [5.41, 5.74) is 4.18. The Bertz CT molecular complexity index is 371. The third-order valence-corrected chi connectivity index (χ3v) is 3.09. The summed E-state index contributed by atoms with van der Waals surface area (Å²) in [6.07, 6.45) is 4.14. The Morgan fingerprint density at radius 1 is 1.56 bits per heavy atom. The Morgan fingerprint density at radius 2 is 2.44 bits per heavy atom. The van der Waals surface area contributed by atoms with Gasteiger partial charge in [-0.15, -0.1) is 6.58 Å². The number of hydrogen-bond donors (Lipinski definition) is 2. The molecular formula is C14H20N2. The molecule has 0 spiro atoms. The van der Waals surface area contributed by atoms with Crippen molar-refractivity contribution in [2.45, 2.75) is 32.4 Å². The SMILES string of the molecule is C=CCC(C)NCc1cccc2c1NCC2. The molecule has 1 atom stereocenters. The molecule has 2 rings (SSSR count). The molecule has 1 aromatic carbocycles. The number of rotatable bonds is 5. The summed E-state index contributed by atoms with van der Waals surface area (Å²) in [5, 5.41) is 6.98. The minimum atomic E-state index is 0.495. The zero-order valence-corrected chi connectivity index (χ0v) is 9.92. The van der Waals surface area contributed by atoms with Gasteiger partial charge in [0.05, 0.1) is 0 Å². The van der Waals surface area contributed by atoms with Crippen LogP contribution in [-0.2, 0) is 13.0 Å². The van der Waals surface area contributed by atoms with Gasteiger partial charge in [-0.05, 0) is 30.9 Å². The number of benzene rings is 1. The molecular weight excluding hydrogens is 196 g/mol. The van der Waals surface area contributed by atoms with E-state index in [1.807, 2.05) is 6.08 Å². The third-order valence-electron chi connectivity index (χ3n) is 3.09. The Hall–Kier alpha value is -1.28. The first kappa shape index (κ1) is 11.2. The second-order valence-corrected chi connectivity index (χ2v) is 4.43. The quantitative estimate of drug-likeness (QED) is 0.739. The van der Waals surface area contributed by atoms with Crippen LogP contribution in [0.1, 0.15) is 24.5 Å². The van der Waals surface area contributed by atoms with Crippen molar-refractivity contribution >= 4 is 5.69 Å². The minimum Gasteiger partial charge on any atom is -0.384 e. The van der Waals surface area contributed by atoms with Crippen LogP contribution in [0.3, 0.4) is 0 Å². The fraction of sp³-hybridized carbons (Fsp3) is 0.429. The van der Waals surface area contributed by atoms with Gasteiger partial charge >= 0.3 is 0 Å². The molecule has 0 bridgehead atoms. The monoisotopic (exact) mass is 216 g/mol. The van der Waals surface area contributed by atoms with Crippen LogP contribution < -0.4 is 10.6 Å². The van der Waals surface area contributed by atoms with Gasteiger partial charge < -0.3 is 10.6 Å². The van der Waals surface area contributed by atoms with Crippen LogP contribution >= 0.6 is 0 Å². The highest BCUT2D eigenvalue weighted by Crippen LogP contribution is 2.26.